The van der Waals surface area contributed by atoms with Crippen molar-refractivity contribution in [1.82, 2.24) is 4.98 Å². The van der Waals surface area contributed by atoms with Gasteiger partial charge in [-0.2, -0.15) is 0 Å². The van der Waals surface area contributed by atoms with Crippen molar-refractivity contribution in [3.05, 3.63) is 54.0 Å². The second-order valence-electron chi connectivity index (χ2n) is 3.36. The molecule has 0 bridgehead atoms. The molecule has 2 heteroatoms. The Morgan fingerprint density at radius 2 is 1.80 bits per heavy atom. The zero-order chi connectivity index (χ0) is 10.1. The smallest absolute Gasteiger partial charge is 0.0716 e. The van der Waals surface area contributed by atoms with Crippen molar-refractivity contribution in [2.75, 3.05) is 0 Å². The van der Waals surface area contributed by atoms with Gasteiger partial charge in [0, 0.05) is 27.2 Å². The number of thiophene rings is 1. The SMILES string of the molecule is c1ccc(-c2csc3ccccc23)nc1. The molecule has 2 aromatic heterocycles. The third-order valence-electron chi connectivity index (χ3n) is 2.42. The molecule has 0 amide bonds. The topological polar surface area (TPSA) is 12.9 Å². The van der Waals surface area contributed by atoms with Gasteiger partial charge in [0.2, 0.25) is 0 Å². The minimum Gasteiger partial charge on any atom is -0.256 e. The number of rotatable bonds is 1. The first-order valence-corrected chi connectivity index (χ1v) is 5.71. The van der Waals surface area contributed by atoms with Crippen molar-refractivity contribution < 1.29 is 0 Å². The Kier molecular flexibility index (Phi) is 2.00. The van der Waals surface area contributed by atoms with Gasteiger partial charge in [0.15, 0.2) is 0 Å². The average molecular weight is 211 g/mol. The molecule has 0 aliphatic carbocycles. The van der Waals surface area contributed by atoms with Crippen LogP contribution in [-0.4, -0.2) is 4.98 Å². The third-order valence-corrected chi connectivity index (χ3v) is 3.39. The Morgan fingerprint density at radius 1 is 0.933 bits per heavy atom. The summed E-state index contributed by atoms with van der Waals surface area (Å²) >= 11 is 1.77. The summed E-state index contributed by atoms with van der Waals surface area (Å²) in [6, 6.07) is 14.5. The quantitative estimate of drug-likeness (QED) is 0.593. The van der Waals surface area contributed by atoms with Crippen LogP contribution >= 0.6 is 11.3 Å². The number of hydrogen-bond donors (Lipinski definition) is 0. The van der Waals surface area contributed by atoms with Gasteiger partial charge in [-0.1, -0.05) is 24.3 Å². The highest BCUT2D eigenvalue weighted by molar-refractivity contribution is 7.17. The summed E-state index contributed by atoms with van der Waals surface area (Å²) in [7, 11) is 0. The largest absolute Gasteiger partial charge is 0.256 e. The first-order chi connectivity index (χ1) is 7.45. The Bertz CT molecular complexity index is 584. The first kappa shape index (κ1) is 8.62. The van der Waals surface area contributed by atoms with Crippen molar-refractivity contribution in [3.8, 4) is 11.3 Å². The van der Waals surface area contributed by atoms with Crippen LogP contribution < -0.4 is 0 Å². The molecular weight excluding hydrogens is 202 g/mol. The van der Waals surface area contributed by atoms with Gasteiger partial charge in [-0.3, -0.25) is 4.98 Å². The molecule has 0 saturated heterocycles. The van der Waals surface area contributed by atoms with Crippen LogP contribution in [0.1, 0.15) is 0 Å². The lowest BCUT2D eigenvalue weighted by Gasteiger charge is -1.97. The van der Waals surface area contributed by atoms with Crippen LogP contribution in [0.3, 0.4) is 0 Å². The van der Waals surface area contributed by atoms with Crippen LogP contribution in [0.15, 0.2) is 54.0 Å². The molecule has 0 atom stereocenters. The molecule has 1 aromatic carbocycles. The van der Waals surface area contributed by atoms with Crippen molar-refractivity contribution >= 4 is 21.4 Å². The first-order valence-electron chi connectivity index (χ1n) is 4.83. The Hall–Kier alpha value is -1.67. The van der Waals surface area contributed by atoms with E-state index in [0.717, 1.165) is 5.69 Å². The number of pyridine rings is 1. The van der Waals surface area contributed by atoms with Crippen molar-refractivity contribution in [2.24, 2.45) is 0 Å². The standard InChI is InChI=1S/C13H9NS/c1-2-7-13-10(5-1)11(9-15-13)12-6-3-4-8-14-12/h1-9H. The summed E-state index contributed by atoms with van der Waals surface area (Å²) < 4.78 is 1.32. The lowest BCUT2D eigenvalue weighted by atomic mass is 10.1. The molecule has 0 aliphatic rings. The molecule has 3 rings (SSSR count). The number of fused-ring (bicyclic) bond motifs is 1. The van der Waals surface area contributed by atoms with E-state index in [0.29, 0.717) is 0 Å². The average Bonchev–Trinajstić information content (AvgIpc) is 2.74. The Morgan fingerprint density at radius 3 is 2.67 bits per heavy atom. The van der Waals surface area contributed by atoms with Crippen LogP contribution in [0.4, 0.5) is 0 Å². The Balaban J connectivity index is 2.28. The van der Waals surface area contributed by atoms with E-state index >= 15 is 0 Å². The van der Waals surface area contributed by atoms with E-state index in [1.807, 2.05) is 18.3 Å². The summed E-state index contributed by atoms with van der Waals surface area (Å²) in [6.07, 6.45) is 1.84. The minimum absolute atomic E-state index is 1.05. The zero-order valence-corrected chi connectivity index (χ0v) is 8.87. The van der Waals surface area contributed by atoms with Crippen LogP contribution in [0, 0.1) is 0 Å². The molecule has 0 unspecified atom stereocenters. The monoisotopic (exact) mass is 211 g/mol. The maximum Gasteiger partial charge on any atom is 0.0716 e. The summed E-state index contributed by atoms with van der Waals surface area (Å²) in [5, 5.41) is 3.47. The highest BCUT2D eigenvalue weighted by atomic mass is 32.1. The summed E-state index contributed by atoms with van der Waals surface area (Å²) in [6.45, 7) is 0. The fraction of sp³-hybridized carbons (Fsp3) is 0. The molecule has 0 saturated carbocycles. The van der Waals surface area contributed by atoms with Gasteiger partial charge < -0.3 is 0 Å². The van der Waals surface area contributed by atoms with E-state index in [9.17, 15) is 0 Å². The molecule has 3 aromatic rings. The maximum atomic E-state index is 4.38. The Labute approximate surface area is 92.0 Å². The predicted octanol–water partition coefficient (Wildman–Crippen LogP) is 3.96. The van der Waals surface area contributed by atoms with Gasteiger partial charge in [0.05, 0.1) is 5.69 Å². The molecule has 0 radical (unpaired) electrons. The summed E-state index contributed by atoms with van der Waals surface area (Å²) in [4.78, 5) is 4.38. The fourth-order valence-electron chi connectivity index (χ4n) is 1.70. The van der Waals surface area contributed by atoms with E-state index in [-0.39, 0.29) is 0 Å². The van der Waals surface area contributed by atoms with Gasteiger partial charge in [0.25, 0.3) is 0 Å². The maximum absolute atomic E-state index is 4.38. The molecule has 2 heterocycles. The van der Waals surface area contributed by atoms with Gasteiger partial charge in [0.1, 0.15) is 0 Å². The van der Waals surface area contributed by atoms with Crippen molar-refractivity contribution in [2.45, 2.75) is 0 Å². The van der Waals surface area contributed by atoms with Gasteiger partial charge >= 0.3 is 0 Å². The van der Waals surface area contributed by atoms with Crippen molar-refractivity contribution in [3.63, 3.8) is 0 Å². The van der Waals surface area contributed by atoms with Gasteiger partial charge in [-0.05, 0) is 18.2 Å². The minimum atomic E-state index is 1.05. The van der Waals surface area contributed by atoms with Gasteiger partial charge in [-0.25, -0.2) is 0 Å². The van der Waals surface area contributed by atoms with E-state index in [2.05, 4.69) is 40.7 Å². The molecule has 0 fully saturated rings. The lowest BCUT2D eigenvalue weighted by molar-refractivity contribution is 1.34. The number of benzene rings is 1. The molecule has 15 heavy (non-hydrogen) atoms. The normalized spacial score (nSPS) is 10.7. The number of hydrogen-bond acceptors (Lipinski definition) is 2. The molecule has 0 aliphatic heterocycles. The fourth-order valence-corrected chi connectivity index (χ4v) is 2.65. The molecule has 72 valence electrons. The molecular formula is C13H9NS. The number of nitrogens with zero attached hydrogens (tertiary/aromatic N) is 1. The number of aromatic nitrogens is 1. The highest BCUT2D eigenvalue weighted by Crippen LogP contribution is 2.32. The van der Waals surface area contributed by atoms with Crippen molar-refractivity contribution in [1.29, 1.82) is 0 Å². The van der Waals surface area contributed by atoms with Crippen LogP contribution in [-0.2, 0) is 0 Å². The summed E-state index contributed by atoms with van der Waals surface area (Å²) in [5.74, 6) is 0. The lowest BCUT2D eigenvalue weighted by Crippen LogP contribution is -1.78. The van der Waals surface area contributed by atoms with Crippen LogP contribution in [0.25, 0.3) is 21.3 Å². The van der Waals surface area contributed by atoms with E-state index < -0.39 is 0 Å². The second kappa shape index (κ2) is 3.48. The van der Waals surface area contributed by atoms with Gasteiger partial charge in [-0.15, -0.1) is 11.3 Å². The van der Waals surface area contributed by atoms with E-state index in [1.54, 1.807) is 11.3 Å². The summed E-state index contributed by atoms with van der Waals surface area (Å²) in [5.41, 5.74) is 2.28. The molecule has 1 nitrogen and oxygen atoms in total. The molecule has 0 N–H and O–H groups in total. The highest BCUT2D eigenvalue weighted by Gasteiger charge is 2.05. The third kappa shape index (κ3) is 1.43. The zero-order valence-electron chi connectivity index (χ0n) is 8.05. The predicted molar refractivity (Wildman–Crippen MR) is 65.1 cm³/mol. The van der Waals surface area contributed by atoms with Crippen LogP contribution in [0.5, 0.6) is 0 Å². The molecule has 0 spiro atoms. The van der Waals surface area contributed by atoms with Crippen LogP contribution in [0.2, 0.25) is 0 Å². The van der Waals surface area contributed by atoms with E-state index in [1.165, 1.54) is 15.6 Å². The second-order valence-corrected chi connectivity index (χ2v) is 4.27. The van der Waals surface area contributed by atoms with E-state index in [4.69, 9.17) is 0 Å².